The maximum absolute atomic E-state index is 13.5. The number of allylic oxidation sites excluding steroid dienone is 8. The number of hydrogen-bond donors (Lipinski definition) is 3. The van der Waals surface area contributed by atoms with Gasteiger partial charge in [0.15, 0.2) is 0 Å². The molecule has 1 saturated carbocycles. The highest BCUT2D eigenvalue weighted by atomic mass is 19.1. The molecule has 2 rings (SSSR count). The maximum Gasteiger partial charge on any atom is 0.119 e. The van der Waals surface area contributed by atoms with Gasteiger partial charge in [0, 0.05) is 6.04 Å². The zero-order chi connectivity index (χ0) is 21.2. The molecular formula is C25H36FN3. The molecule has 4 N–H and O–H groups in total. The van der Waals surface area contributed by atoms with Crippen molar-refractivity contribution in [3.63, 3.8) is 0 Å². The Hall–Kier alpha value is -2.36. The van der Waals surface area contributed by atoms with Crippen molar-refractivity contribution >= 4 is 5.71 Å². The molecule has 0 saturated heterocycles. The molecule has 0 aliphatic heterocycles. The molecule has 0 bridgehead atoms. The summed E-state index contributed by atoms with van der Waals surface area (Å²) >= 11 is 0. The Morgan fingerprint density at radius 1 is 1.21 bits per heavy atom. The van der Waals surface area contributed by atoms with E-state index in [0.717, 1.165) is 62.6 Å². The lowest BCUT2D eigenvalue weighted by molar-refractivity contribution is 0.516. The van der Waals surface area contributed by atoms with Gasteiger partial charge in [-0.15, -0.1) is 0 Å². The molecule has 0 aromatic carbocycles. The maximum atomic E-state index is 13.5. The molecule has 29 heavy (non-hydrogen) atoms. The van der Waals surface area contributed by atoms with Crippen molar-refractivity contribution in [2.24, 2.45) is 11.7 Å². The van der Waals surface area contributed by atoms with Gasteiger partial charge in [-0.05, 0) is 81.8 Å². The van der Waals surface area contributed by atoms with Crippen LogP contribution in [-0.4, -0.2) is 11.8 Å². The van der Waals surface area contributed by atoms with E-state index in [-0.39, 0.29) is 0 Å². The average molecular weight is 398 g/mol. The van der Waals surface area contributed by atoms with Crippen LogP contribution in [0.25, 0.3) is 0 Å². The second kappa shape index (κ2) is 11.6. The molecule has 0 radical (unpaired) electrons. The average Bonchev–Trinajstić information content (AvgIpc) is 3.55. The largest absolute Gasteiger partial charge is 0.397 e. The van der Waals surface area contributed by atoms with Crippen molar-refractivity contribution in [3.05, 3.63) is 71.9 Å². The molecule has 0 heterocycles. The van der Waals surface area contributed by atoms with Gasteiger partial charge < -0.3 is 11.1 Å². The third-order valence-electron chi connectivity index (χ3n) is 5.69. The molecule has 0 aromatic heterocycles. The van der Waals surface area contributed by atoms with Crippen LogP contribution in [0.1, 0.15) is 64.7 Å². The van der Waals surface area contributed by atoms with Gasteiger partial charge in [-0.25, -0.2) is 4.39 Å². The fourth-order valence-electron chi connectivity index (χ4n) is 3.86. The molecular weight excluding hydrogens is 361 g/mol. The second-order valence-corrected chi connectivity index (χ2v) is 7.94. The second-order valence-electron chi connectivity index (χ2n) is 7.94. The van der Waals surface area contributed by atoms with Crippen molar-refractivity contribution in [2.45, 2.75) is 70.8 Å². The van der Waals surface area contributed by atoms with E-state index in [2.05, 4.69) is 30.6 Å². The van der Waals surface area contributed by atoms with Crippen LogP contribution in [-0.2, 0) is 0 Å². The first kappa shape index (κ1) is 22.9. The highest BCUT2D eigenvalue weighted by molar-refractivity contribution is 6.09. The van der Waals surface area contributed by atoms with Gasteiger partial charge >= 0.3 is 0 Å². The Bertz CT molecular complexity index is 725. The summed E-state index contributed by atoms with van der Waals surface area (Å²) in [5, 5.41) is 12.3. The van der Waals surface area contributed by atoms with Crippen LogP contribution in [0.2, 0.25) is 0 Å². The summed E-state index contributed by atoms with van der Waals surface area (Å²) in [6, 6.07) is 0.371. The van der Waals surface area contributed by atoms with E-state index < -0.39 is 5.83 Å². The lowest BCUT2D eigenvalue weighted by Crippen LogP contribution is -2.33. The van der Waals surface area contributed by atoms with Gasteiger partial charge in [0.2, 0.25) is 0 Å². The van der Waals surface area contributed by atoms with Crippen LogP contribution in [0.3, 0.4) is 0 Å². The standard InChI is InChI=1S/C25H36FN3/c1-4-11-19(18(3)26)12-10-15-22(20-16-17-20)24(27)25(28)23(5-2)29-21-13-8-6-7-9-14-21/h4-7,11,20-21,28-29H,1,3,8-10,12-17,27H2,2H3/b19-11-,23-5+,24-22-,28-25?. The van der Waals surface area contributed by atoms with Crippen LogP contribution in [0, 0.1) is 11.3 Å². The quantitative estimate of drug-likeness (QED) is 0.215. The van der Waals surface area contributed by atoms with Gasteiger partial charge in [0.05, 0.1) is 17.1 Å². The van der Waals surface area contributed by atoms with Crippen LogP contribution in [0.5, 0.6) is 0 Å². The van der Waals surface area contributed by atoms with E-state index >= 15 is 0 Å². The fourth-order valence-corrected chi connectivity index (χ4v) is 3.86. The van der Waals surface area contributed by atoms with E-state index in [1.807, 2.05) is 13.0 Å². The van der Waals surface area contributed by atoms with Crippen LogP contribution >= 0.6 is 0 Å². The normalized spacial score (nSPS) is 19.4. The minimum absolute atomic E-state index is 0.371. The number of nitrogens with two attached hydrogens (primary N) is 1. The van der Waals surface area contributed by atoms with Crippen molar-refractivity contribution < 1.29 is 4.39 Å². The Balaban J connectivity index is 2.05. The molecule has 0 aromatic rings. The zero-order valence-corrected chi connectivity index (χ0v) is 17.8. The first-order valence-electron chi connectivity index (χ1n) is 10.8. The van der Waals surface area contributed by atoms with Gasteiger partial charge in [-0.1, -0.05) is 43.5 Å². The number of nitrogens with one attached hydrogen (secondary N) is 2. The van der Waals surface area contributed by atoms with Crippen molar-refractivity contribution in [1.82, 2.24) is 5.32 Å². The van der Waals surface area contributed by atoms with Crippen LogP contribution in [0.15, 0.2) is 71.9 Å². The summed E-state index contributed by atoms with van der Waals surface area (Å²) in [7, 11) is 0. The van der Waals surface area contributed by atoms with Gasteiger partial charge in [-0.3, -0.25) is 5.41 Å². The molecule has 3 nitrogen and oxygen atoms in total. The molecule has 0 atom stereocenters. The van der Waals surface area contributed by atoms with Gasteiger partial charge in [0.1, 0.15) is 5.83 Å². The molecule has 0 spiro atoms. The first-order chi connectivity index (χ1) is 14.0. The first-order valence-corrected chi connectivity index (χ1v) is 10.8. The van der Waals surface area contributed by atoms with E-state index in [1.165, 1.54) is 0 Å². The molecule has 1 fully saturated rings. The number of halogens is 1. The molecule has 4 heteroatoms. The predicted octanol–water partition coefficient (Wildman–Crippen LogP) is 6.39. The minimum atomic E-state index is -0.402. The van der Waals surface area contributed by atoms with Crippen molar-refractivity contribution in [1.29, 1.82) is 5.41 Å². The van der Waals surface area contributed by atoms with E-state index in [9.17, 15) is 4.39 Å². The number of rotatable bonds is 11. The summed E-state index contributed by atoms with van der Waals surface area (Å²) < 4.78 is 13.5. The fraction of sp³-hybridized carbons (Fsp3) is 0.480. The number of hydrogen-bond acceptors (Lipinski definition) is 3. The zero-order valence-electron chi connectivity index (χ0n) is 17.8. The topological polar surface area (TPSA) is 61.9 Å². The van der Waals surface area contributed by atoms with Gasteiger partial charge in [0.25, 0.3) is 0 Å². The van der Waals surface area contributed by atoms with Crippen LogP contribution < -0.4 is 11.1 Å². The van der Waals surface area contributed by atoms with Crippen LogP contribution in [0.4, 0.5) is 4.39 Å². The summed E-state index contributed by atoms with van der Waals surface area (Å²) in [5.41, 5.74) is 10.0. The monoisotopic (exact) mass is 397 g/mol. The van der Waals surface area contributed by atoms with Gasteiger partial charge in [-0.2, -0.15) is 0 Å². The third kappa shape index (κ3) is 7.19. The van der Waals surface area contributed by atoms with Crippen molar-refractivity contribution in [2.75, 3.05) is 0 Å². The highest BCUT2D eigenvalue weighted by Crippen LogP contribution is 2.40. The lowest BCUT2D eigenvalue weighted by atomic mass is 9.96. The summed E-state index contributed by atoms with van der Waals surface area (Å²) in [6.45, 7) is 9.00. The van der Waals surface area contributed by atoms with E-state index in [1.54, 1.807) is 12.2 Å². The summed E-state index contributed by atoms with van der Waals surface area (Å²) in [4.78, 5) is 0. The lowest BCUT2D eigenvalue weighted by Gasteiger charge is -2.22. The highest BCUT2D eigenvalue weighted by Gasteiger charge is 2.29. The third-order valence-corrected chi connectivity index (χ3v) is 5.69. The van der Waals surface area contributed by atoms with E-state index in [0.29, 0.717) is 35.4 Å². The molecule has 2 aliphatic rings. The molecule has 2 aliphatic carbocycles. The Morgan fingerprint density at radius 3 is 2.38 bits per heavy atom. The molecule has 0 amide bonds. The Labute approximate surface area is 175 Å². The molecule has 0 unspecified atom stereocenters. The SMILES string of the molecule is C=C/C=C(/CCC/C(=C(/N)C(=N)/C(=C\C)NC1CCC=CCC1)C1CC1)C(=C)F. The minimum Gasteiger partial charge on any atom is -0.397 e. The smallest absolute Gasteiger partial charge is 0.119 e. The predicted molar refractivity (Wildman–Crippen MR) is 122 cm³/mol. The summed E-state index contributed by atoms with van der Waals surface area (Å²) in [5.74, 6) is 0.0665. The molecule has 158 valence electrons. The Morgan fingerprint density at radius 2 is 1.86 bits per heavy atom. The van der Waals surface area contributed by atoms with E-state index in [4.69, 9.17) is 11.1 Å². The van der Waals surface area contributed by atoms with Crippen molar-refractivity contribution in [3.8, 4) is 0 Å². The Kier molecular flexibility index (Phi) is 9.17. The summed E-state index contributed by atoms with van der Waals surface area (Å²) in [6.07, 6.45) is 18.4.